The van der Waals surface area contributed by atoms with Crippen LogP contribution in [0.15, 0.2) is 24.4 Å². The number of hydrogen-bond acceptors (Lipinski definition) is 2. The lowest BCUT2D eigenvalue weighted by Crippen LogP contribution is -2.31. The topological polar surface area (TPSA) is 31.2 Å². The number of carbonyl (C=O) groups excluding carboxylic acids is 1. The lowest BCUT2D eigenvalue weighted by molar-refractivity contribution is 0.112. The van der Waals surface area contributed by atoms with E-state index in [-0.39, 0.29) is 0 Å². The van der Waals surface area contributed by atoms with Crippen LogP contribution in [-0.4, -0.2) is 25.9 Å². The molecule has 0 atom stereocenters. The molecule has 2 aromatic rings. The lowest BCUT2D eigenvalue weighted by atomic mass is 10.2. The fourth-order valence-electron chi connectivity index (χ4n) is 2.01. The summed E-state index contributed by atoms with van der Waals surface area (Å²) >= 11 is 0. The highest BCUT2D eigenvalue weighted by molar-refractivity contribution is 6.75. The van der Waals surface area contributed by atoms with Crippen molar-refractivity contribution >= 4 is 25.4 Å². The standard InChI is InChI=1S/C13H17NO2Si/c1-16-11-5-6-13-12(7-11)10(9-15)8-14(13)17(2,3)4/h5-9H,1-4H3. The zero-order valence-electron chi connectivity index (χ0n) is 10.7. The van der Waals surface area contributed by atoms with Crippen LogP contribution in [0.1, 0.15) is 10.4 Å². The van der Waals surface area contributed by atoms with Gasteiger partial charge in [-0.3, -0.25) is 4.79 Å². The molecule has 2 rings (SSSR count). The van der Waals surface area contributed by atoms with Crippen molar-refractivity contribution in [3.63, 3.8) is 0 Å². The van der Waals surface area contributed by atoms with E-state index in [0.717, 1.165) is 28.5 Å². The molecule has 1 aromatic carbocycles. The van der Waals surface area contributed by atoms with Gasteiger partial charge < -0.3 is 8.97 Å². The van der Waals surface area contributed by atoms with E-state index >= 15 is 0 Å². The Morgan fingerprint density at radius 1 is 1.29 bits per heavy atom. The lowest BCUT2D eigenvalue weighted by Gasteiger charge is -2.20. The molecule has 0 aliphatic heterocycles. The molecule has 17 heavy (non-hydrogen) atoms. The summed E-state index contributed by atoms with van der Waals surface area (Å²) in [5, 5.41) is 0.974. The predicted octanol–water partition coefficient (Wildman–Crippen LogP) is 3.15. The van der Waals surface area contributed by atoms with E-state index in [4.69, 9.17) is 4.74 Å². The molecule has 90 valence electrons. The Morgan fingerprint density at radius 2 is 2.00 bits per heavy atom. The average molecular weight is 247 g/mol. The maximum atomic E-state index is 11.1. The molecule has 0 aliphatic carbocycles. The molecule has 0 fully saturated rings. The largest absolute Gasteiger partial charge is 0.497 e. The van der Waals surface area contributed by atoms with Gasteiger partial charge in [-0.1, -0.05) is 19.6 Å². The molecule has 0 unspecified atom stereocenters. The average Bonchev–Trinajstić information content (AvgIpc) is 2.66. The fraction of sp³-hybridized carbons (Fsp3) is 0.308. The smallest absolute Gasteiger partial charge is 0.152 e. The number of fused-ring (bicyclic) bond motifs is 1. The number of methoxy groups -OCH3 is 1. The molecule has 0 spiro atoms. The van der Waals surface area contributed by atoms with Gasteiger partial charge in [0.2, 0.25) is 0 Å². The Kier molecular flexibility index (Phi) is 2.83. The Labute approximate surface area is 102 Å². The van der Waals surface area contributed by atoms with E-state index in [1.54, 1.807) is 7.11 Å². The first-order chi connectivity index (χ1) is 7.97. The molecule has 0 saturated heterocycles. The zero-order valence-corrected chi connectivity index (χ0v) is 11.7. The molecule has 1 heterocycles. The summed E-state index contributed by atoms with van der Waals surface area (Å²) in [7, 11) is 0.132. The fourth-order valence-corrected chi connectivity index (χ4v) is 3.45. The van der Waals surface area contributed by atoms with Crippen molar-refractivity contribution in [3.05, 3.63) is 30.0 Å². The summed E-state index contributed by atoms with van der Waals surface area (Å²) in [4.78, 5) is 11.1. The van der Waals surface area contributed by atoms with Crippen molar-refractivity contribution in [2.75, 3.05) is 7.11 Å². The minimum absolute atomic E-state index is 0.737. The molecule has 0 amide bonds. The highest BCUT2D eigenvalue weighted by Crippen LogP contribution is 2.27. The van der Waals surface area contributed by atoms with Crippen LogP contribution in [0.3, 0.4) is 0 Å². The third-order valence-corrected chi connectivity index (χ3v) is 4.71. The Bertz CT molecular complexity index is 567. The first-order valence-electron chi connectivity index (χ1n) is 5.62. The summed E-state index contributed by atoms with van der Waals surface area (Å²) in [6.07, 6.45) is 2.88. The van der Waals surface area contributed by atoms with E-state index in [2.05, 4.69) is 23.9 Å². The van der Waals surface area contributed by atoms with Crippen LogP contribution in [0.25, 0.3) is 10.9 Å². The van der Waals surface area contributed by atoms with Crippen molar-refractivity contribution in [1.82, 2.24) is 4.23 Å². The van der Waals surface area contributed by atoms with Crippen LogP contribution in [0.5, 0.6) is 5.75 Å². The number of hydrogen-bond donors (Lipinski definition) is 0. The minimum atomic E-state index is -1.50. The highest BCUT2D eigenvalue weighted by Gasteiger charge is 2.20. The SMILES string of the molecule is COc1ccc2c(c1)c(C=O)cn2[Si](C)(C)C. The van der Waals surface area contributed by atoms with E-state index in [1.807, 2.05) is 24.4 Å². The Morgan fingerprint density at radius 3 is 2.53 bits per heavy atom. The van der Waals surface area contributed by atoms with Crippen LogP contribution in [0.4, 0.5) is 0 Å². The van der Waals surface area contributed by atoms with Crippen LogP contribution >= 0.6 is 0 Å². The number of ether oxygens (including phenoxy) is 1. The Hall–Kier alpha value is -1.55. The van der Waals surface area contributed by atoms with Gasteiger partial charge in [-0.15, -0.1) is 0 Å². The first kappa shape index (κ1) is 11.9. The number of aromatic nitrogens is 1. The van der Waals surface area contributed by atoms with Gasteiger partial charge in [0.15, 0.2) is 14.5 Å². The molecule has 0 saturated carbocycles. The number of rotatable bonds is 3. The number of aldehydes is 1. The summed E-state index contributed by atoms with van der Waals surface area (Å²) in [5.41, 5.74) is 1.85. The van der Waals surface area contributed by atoms with Crippen LogP contribution in [0, 0.1) is 0 Å². The van der Waals surface area contributed by atoms with Gasteiger partial charge in [0.1, 0.15) is 5.75 Å². The zero-order chi connectivity index (χ0) is 12.6. The van der Waals surface area contributed by atoms with E-state index in [9.17, 15) is 4.79 Å². The quantitative estimate of drug-likeness (QED) is 0.616. The Balaban J connectivity index is 2.77. The molecule has 0 radical (unpaired) electrons. The van der Waals surface area contributed by atoms with Gasteiger partial charge in [-0.25, -0.2) is 0 Å². The number of benzene rings is 1. The predicted molar refractivity (Wildman–Crippen MR) is 72.6 cm³/mol. The van der Waals surface area contributed by atoms with E-state index < -0.39 is 8.24 Å². The molecule has 0 bridgehead atoms. The van der Waals surface area contributed by atoms with Crippen LogP contribution in [-0.2, 0) is 0 Å². The summed E-state index contributed by atoms with van der Waals surface area (Å²) in [6, 6.07) is 5.89. The third-order valence-electron chi connectivity index (χ3n) is 2.89. The molecular formula is C13H17NO2Si. The number of carbonyl (C=O) groups is 1. The molecule has 4 heteroatoms. The molecule has 3 nitrogen and oxygen atoms in total. The number of nitrogens with zero attached hydrogens (tertiary/aromatic N) is 1. The van der Waals surface area contributed by atoms with Crippen LogP contribution < -0.4 is 4.74 Å². The molecule has 0 N–H and O–H groups in total. The molecular weight excluding hydrogens is 230 g/mol. The van der Waals surface area contributed by atoms with Gasteiger partial charge in [0, 0.05) is 22.7 Å². The first-order valence-corrected chi connectivity index (χ1v) is 9.07. The van der Waals surface area contributed by atoms with Gasteiger partial charge in [0.25, 0.3) is 0 Å². The summed E-state index contributed by atoms with van der Waals surface area (Å²) in [6.45, 7) is 6.77. The van der Waals surface area contributed by atoms with E-state index in [0.29, 0.717) is 0 Å². The van der Waals surface area contributed by atoms with Gasteiger partial charge in [-0.2, -0.15) is 0 Å². The highest BCUT2D eigenvalue weighted by atomic mass is 28.3. The second-order valence-corrected chi connectivity index (χ2v) is 9.95. The van der Waals surface area contributed by atoms with Gasteiger partial charge in [0.05, 0.1) is 7.11 Å². The summed E-state index contributed by atoms with van der Waals surface area (Å²) < 4.78 is 7.46. The third kappa shape index (κ3) is 2.00. The minimum Gasteiger partial charge on any atom is -0.497 e. The molecule has 0 aliphatic rings. The van der Waals surface area contributed by atoms with Crippen molar-refractivity contribution in [1.29, 1.82) is 0 Å². The second-order valence-electron chi connectivity index (χ2n) is 5.13. The van der Waals surface area contributed by atoms with E-state index in [1.165, 1.54) is 0 Å². The maximum absolute atomic E-state index is 11.1. The maximum Gasteiger partial charge on any atom is 0.152 e. The summed E-state index contributed by atoms with van der Waals surface area (Å²) in [5.74, 6) is 0.786. The van der Waals surface area contributed by atoms with Crippen LogP contribution in [0.2, 0.25) is 19.6 Å². The van der Waals surface area contributed by atoms with Crippen molar-refractivity contribution in [3.8, 4) is 5.75 Å². The molecule has 1 aromatic heterocycles. The van der Waals surface area contributed by atoms with Gasteiger partial charge in [-0.05, 0) is 18.2 Å². The van der Waals surface area contributed by atoms with Crippen molar-refractivity contribution in [2.24, 2.45) is 0 Å². The van der Waals surface area contributed by atoms with Crippen molar-refractivity contribution < 1.29 is 9.53 Å². The van der Waals surface area contributed by atoms with Crippen molar-refractivity contribution in [2.45, 2.75) is 19.6 Å². The monoisotopic (exact) mass is 247 g/mol. The normalized spacial score (nSPS) is 11.8. The second kappa shape index (κ2) is 4.03. The van der Waals surface area contributed by atoms with Gasteiger partial charge >= 0.3 is 0 Å².